The van der Waals surface area contributed by atoms with Gasteiger partial charge in [-0.2, -0.15) is 0 Å². The van der Waals surface area contributed by atoms with Gasteiger partial charge < -0.3 is 107 Å². The van der Waals surface area contributed by atoms with Crippen LogP contribution in [0.5, 0.6) is 0 Å². The zero-order chi connectivity index (χ0) is 76.6. The lowest BCUT2D eigenvalue weighted by Gasteiger charge is -2.34. The SMILES string of the molecule is CC[C@H](C)[C@H](N)C(=O)N[C@@H](CO)C(=O)N[C@@H](CCC(=O)O)C(=O)N[C@H](C(=O)N[C@H](C(=O)N[C@@H](CC(C)C)C(=O)N[C@@H](CC(=O)O)C(=O)N[C@@H](C)C(=O)N[C@@H](CCC(=O)O)C(=O)N[C@@H](Cc1ccccc1)C(=O)N[C@@H](CCCN=C(N)N)C(=O)N[C@@H](Cc1cnc[nH]1)C(N)=O)C(C)(C)C)C(C)C. The molecule has 0 bridgehead atoms. The molecular formula is C64H102N18O19. The standard InChI is InChI=1S/C64H102N18O19/c1-11-33(6)48(65)60(99)80-44(29-83)59(98)75-39(20-22-46(86)87)55(94)81-49(32(4)5)61(100)82-50(64(8,9)10)62(101)79-41(24-31(2)3)57(96)78-43(27-47(88)89)56(95)72-34(7)52(91)73-38(19-21-45(84)85)54(93)77-42(25-35-16-13-12-14-17-35)58(97)74-37(18-15-23-70-63(67)68)53(92)76-40(51(66)90)26-36-28-69-30-71-36/h12-14,16-17,28,30-34,37-44,48-50,83H,11,15,18-27,29,65H2,1-10H3,(H2,66,90)(H,69,71)(H,72,95)(H,73,91)(H,74,97)(H,75,98)(H,76,92)(H,77,93)(H,78,96)(H,79,101)(H,80,99)(H,81,94)(H,82,100)(H,84,85)(H,86,87)(H,88,89)(H4,67,68,70)/t33-,34-,37-,38-,39-,40-,41-,42-,43-,44-,48-,49-,50+/m0/s1. The van der Waals surface area contributed by atoms with E-state index >= 15 is 0 Å². The summed E-state index contributed by atoms with van der Waals surface area (Å²) in [6, 6.07) is -10.4. The lowest BCUT2D eigenvalue weighted by molar-refractivity contribution is -0.142. The van der Waals surface area contributed by atoms with Crippen molar-refractivity contribution in [3.8, 4) is 0 Å². The fourth-order valence-electron chi connectivity index (χ4n) is 9.79. The summed E-state index contributed by atoms with van der Waals surface area (Å²) >= 11 is 0. The number of aliphatic hydroxyl groups excluding tert-OH is 1. The van der Waals surface area contributed by atoms with Crippen molar-refractivity contribution in [3.05, 3.63) is 54.1 Å². The summed E-state index contributed by atoms with van der Waals surface area (Å²) in [5.74, 6) is -18.4. The Morgan fingerprint density at radius 2 is 1.01 bits per heavy atom. The van der Waals surface area contributed by atoms with Gasteiger partial charge in [0.15, 0.2) is 5.96 Å². The molecule has 0 radical (unpaired) electrons. The second kappa shape index (κ2) is 42.6. The van der Waals surface area contributed by atoms with E-state index in [1.54, 1.807) is 78.8 Å². The predicted molar refractivity (Wildman–Crippen MR) is 363 cm³/mol. The van der Waals surface area contributed by atoms with E-state index in [4.69, 9.17) is 22.9 Å². The molecule has 1 heterocycles. The maximum absolute atomic E-state index is 14.4. The second-order valence-electron chi connectivity index (χ2n) is 26.3. The highest BCUT2D eigenvalue weighted by Crippen LogP contribution is 2.22. The average molecular weight is 1430 g/mol. The summed E-state index contributed by atoms with van der Waals surface area (Å²) in [6.07, 6.45) is -0.915. The van der Waals surface area contributed by atoms with E-state index in [-0.39, 0.29) is 50.5 Å². The van der Waals surface area contributed by atoms with Crippen LogP contribution in [-0.2, 0) is 84.8 Å². The molecule has 562 valence electrons. The molecule has 0 saturated carbocycles. The summed E-state index contributed by atoms with van der Waals surface area (Å²) in [7, 11) is 0. The lowest BCUT2D eigenvalue weighted by atomic mass is 9.85. The zero-order valence-corrected chi connectivity index (χ0v) is 58.5. The van der Waals surface area contributed by atoms with Crippen LogP contribution in [0.2, 0.25) is 0 Å². The van der Waals surface area contributed by atoms with E-state index in [9.17, 15) is 92.3 Å². The molecule has 0 unspecified atom stereocenters. The molecule has 0 spiro atoms. The van der Waals surface area contributed by atoms with E-state index in [2.05, 4.69) is 73.4 Å². The number of H-pyrrole nitrogens is 1. The number of hydrogen-bond donors (Lipinski definition) is 20. The van der Waals surface area contributed by atoms with Crippen LogP contribution in [0, 0.1) is 23.2 Å². The molecule has 37 heteroatoms. The number of carbonyl (C=O) groups is 15. The highest BCUT2D eigenvalue weighted by Gasteiger charge is 2.40. The number of primary amides is 1. The van der Waals surface area contributed by atoms with Gasteiger partial charge in [-0.25, -0.2) is 4.98 Å². The topological polar surface area (TPSA) is 614 Å². The van der Waals surface area contributed by atoms with Crippen molar-refractivity contribution < 1.29 is 92.3 Å². The minimum atomic E-state index is -1.97. The zero-order valence-electron chi connectivity index (χ0n) is 58.5. The number of imidazole rings is 1. The van der Waals surface area contributed by atoms with Crippen molar-refractivity contribution in [2.24, 2.45) is 51.1 Å². The van der Waals surface area contributed by atoms with Gasteiger partial charge in [0.1, 0.15) is 66.5 Å². The predicted octanol–water partition coefficient (Wildman–Crippen LogP) is -4.60. The molecule has 101 heavy (non-hydrogen) atoms. The van der Waals surface area contributed by atoms with Crippen molar-refractivity contribution in [1.29, 1.82) is 0 Å². The highest BCUT2D eigenvalue weighted by atomic mass is 16.4. The van der Waals surface area contributed by atoms with E-state index in [0.717, 1.165) is 6.92 Å². The van der Waals surface area contributed by atoms with Gasteiger partial charge in [-0.1, -0.05) is 99.1 Å². The maximum Gasteiger partial charge on any atom is 0.305 e. The molecule has 0 fully saturated rings. The highest BCUT2D eigenvalue weighted by molar-refractivity contribution is 6.00. The minimum Gasteiger partial charge on any atom is -0.481 e. The van der Waals surface area contributed by atoms with Crippen LogP contribution < -0.4 is 81.4 Å². The first-order valence-corrected chi connectivity index (χ1v) is 32.9. The monoisotopic (exact) mass is 1430 g/mol. The number of nitrogens with zero attached hydrogens (tertiary/aromatic N) is 2. The van der Waals surface area contributed by atoms with Gasteiger partial charge >= 0.3 is 17.9 Å². The molecule has 0 aliphatic rings. The van der Waals surface area contributed by atoms with Crippen LogP contribution >= 0.6 is 0 Å². The minimum absolute atomic E-state index is 0.000700. The fraction of sp³-hybridized carbons (Fsp3) is 0.609. The summed E-state index contributed by atoms with van der Waals surface area (Å²) in [5, 5.41) is 66.0. The number of nitrogens with two attached hydrogens (primary N) is 4. The Morgan fingerprint density at radius 3 is 1.50 bits per heavy atom. The summed E-state index contributed by atoms with van der Waals surface area (Å²) in [6.45, 7) is 14.7. The third kappa shape index (κ3) is 31.6. The molecule has 2 rings (SSSR count). The number of guanidine groups is 1. The molecular weight excluding hydrogens is 1320 g/mol. The number of aromatic nitrogens is 2. The molecule has 37 nitrogen and oxygen atoms in total. The Balaban J connectivity index is 2.44. The molecule has 0 aliphatic carbocycles. The molecule has 2 aromatic rings. The number of hydrogen-bond acceptors (Lipinski definition) is 19. The van der Waals surface area contributed by atoms with Crippen molar-refractivity contribution in [2.75, 3.05) is 13.2 Å². The second-order valence-corrected chi connectivity index (χ2v) is 26.3. The normalized spacial score (nSPS) is 15.1. The van der Waals surface area contributed by atoms with Gasteiger partial charge in [-0.15, -0.1) is 0 Å². The number of amides is 12. The van der Waals surface area contributed by atoms with E-state index < -0.39 is 217 Å². The summed E-state index contributed by atoms with van der Waals surface area (Å²) in [4.78, 5) is 213. The average Bonchev–Trinajstić information content (AvgIpc) is 1.51. The number of aliphatic imine (C=N–C) groups is 1. The molecule has 0 saturated heterocycles. The van der Waals surface area contributed by atoms with Gasteiger partial charge in [0.2, 0.25) is 70.9 Å². The Hall–Kier alpha value is -10.3. The number of carbonyl (C=O) groups excluding carboxylic acids is 12. The van der Waals surface area contributed by atoms with Crippen LogP contribution in [0.25, 0.3) is 0 Å². The Morgan fingerprint density at radius 1 is 0.535 bits per heavy atom. The number of benzene rings is 1. The van der Waals surface area contributed by atoms with Crippen LogP contribution in [0.3, 0.4) is 0 Å². The van der Waals surface area contributed by atoms with Crippen LogP contribution in [0.15, 0.2) is 47.8 Å². The Labute approximate surface area is 584 Å². The largest absolute Gasteiger partial charge is 0.481 e. The molecule has 1 aromatic heterocycles. The van der Waals surface area contributed by atoms with Crippen molar-refractivity contribution in [3.63, 3.8) is 0 Å². The number of carboxylic acid groups (broad SMARTS) is 3. The smallest absolute Gasteiger partial charge is 0.305 e. The fourth-order valence-corrected chi connectivity index (χ4v) is 9.79. The Kier molecular flexibility index (Phi) is 36.6. The Bertz CT molecular complexity index is 3200. The molecule has 12 amide bonds. The van der Waals surface area contributed by atoms with Crippen molar-refractivity contribution in [1.82, 2.24) is 68.5 Å². The first-order chi connectivity index (χ1) is 47.2. The first-order valence-electron chi connectivity index (χ1n) is 32.9. The summed E-state index contributed by atoms with van der Waals surface area (Å²) < 4.78 is 0. The van der Waals surface area contributed by atoms with Gasteiger partial charge in [-0.05, 0) is 67.8 Å². The quantitative estimate of drug-likeness (QED) is 0.0169. The van der Waals surface area contributed by atoms with E-state index in [0.29, 0.717) is 17.7 Å². The van der Waals surface area contributed by atoms with E-state index in [1.807, 2.05) is 0 Å². The van der Waals surface area contributed by atoms with Crippen molar-refractivity contribution in [2.45, 2.75) is 212 Å². The van der Waals surface area contributed by atoms with Crippen LogP contribution in [-0.4, -0.2) is 211 Å². The number of aliphatic hydroxyl groups is 1. The number of nitrogens with one attached hydrogen (secondary N) is 12. The third-order valence-corrected chi connectivity index (χ3v) is 15.8. The van der Waals surface area contributed by atoms with Gasteiger partial charge in [0, 0.05) is 44.1 Å². The van der Waals surface area contributed by atoms with Crippen molar-refractivity contribution >= 4 is 94.8 Å². The van der Waals surface area contributed by atoms with Gasteiger partial charge in [0.25, 0.3) is 0 Å². The van der Waals surface area contributed by atoms with Crippen LogP contribution in [0.1, 0.15) is 138 Å². The molecule has 0 aliphatic heterocycles. The van der Waals surface area contributed by atoms with Gasteiger partial charge in [-0.3, -0.25) is 76.9 Å². The number of rotatable bonds is 45. The van der Waals surface area contributed by atoms with Crippen LogP contribution in [0.4, 0.5) is 0 Å². The molecule has 1 aromatic carbocycles. The number of aromatic amines is 1. The maximum atomic E-state index is 14.4. The van der Waals surface area contributed by atoms with E-state index in [1.165, 1.54) is 26.4 Å². The number of carboxylic acids is 3. The molecule has 13 atom stereocenters. The third-order valence-electron chi connectivity index (χ3n) is 15.8. The lowest BCUT2D eigenvalue weighted by Crippen LogP contribution is -2.63. The number of aliphatic carboxylic acids is 3. The molecule has 24 N–H and O–H groups in total. The summed E-state index contributed by atoms with van der Waals surface area (Å²) in [5.41, 5.74) is 22.3. The first kappa shape index (κ1) is 86.8. The van der Waals surface area contributed by atoms with Gasteiger partial charge in [0.05, 0.1) is 25.4 Å².